The van der Waals surface area contributed by atoms with Crippen molar-refractivity contribution in [2.24, 2.45) is 0 Å². The van der Waals surface area contributed by atoms with Crippen LogP contribution in [0.5, 0.6) is 0 Å². The summed E-state index contributed by atoms with van der Waals surface area (Å²) in [6, 6.07) is 9.30. The van der Waals surface area contributed by atoms with Crippen LogP contribution in [-0.4, -0.2) is 17.5 Å². The summed E-state index contributed by atoms with van der Waals surface area (Å²) in [5, 5.41) is 2.72. The smallest absolute Gasteiger partial charge is 0.322 e. The Morgan fingerprint density at radius 1 is 1.35 bits per heavy atom. The molecule has 0 unspecified atom stereocenters. The maximum atomic E-state index is 13.1. The number of halogens is 1. The number of amides is 2. The van der Waals surface area contributed by atoms with Gasteiger partial charge in [-0.1, -0.05) is 6.07 Å². The van der Waals surface area contributed by atoms with E-state index in [2.05, 4.69) is 5.32 Å². The van der Waals surface area contributed by atoms with Crippen LogP contribution >= 0.6 is 0 Å². The summed E-state index contributed by atoms with van der Waals surface area (Å²) in [6.45, 7) is 0.673. The summed E-state index contributed by atoms with van der Waals surface area (Å²) < 4.78 is 18.5. The fraction of sp³-hybridized carbons (Fsp3) is 0.267. The van der Waals surface area contributed by atoms with Gasteiger partial charge >= 0.3 is 6.03 Å². The molecule has 5 heteroatoms. The zero-order valence-electron chi connectivity index (χ0n) is 10.9. The van der Waals surface area contributed by atoms with E-state index in [1.54, 1.807) is 23.3 Å². The number of furan rings is 1. The van der Waals surface area contributed by atoms with Crippen molar-refractivity contribution >= 4 is 11.7 Å². The van der Waals surface area contributed by atoms with Crippen LogP contribution in [0.4, 0.5) is 14.9 Å². The van der Waals surface area contributed by atoms with Gasteiger partial charge in [0.05, 0.1) is 12.3 Å². The summed E-state index contributed by atoms with van der Waals surface area (Å²) in [7, 11) is 0. The van der Waals surface area contributed by atoms with Crippen LogP contribution < -0.4 is 5.32 Å². The van der Waals surface area contributed by atoms with Gasteiger partial charge in [0.15, 0.2) is 0 Å². The molecule has 104 valence electrons. The lowest BCUT2D eigenvalue weighted by atomic mass is 10.2. The van der Waals surface area contributed by atoms with E-state index in [1.807, 2.05) is 12.1 Å². The van der Waals surface area contributed by atoms with Crippen molar-refractivity contribution in [2.45, 2.75) is 18.9 Å². The molecule has 1 fully saturated rings. The first-order valence-electron chi connectivity index (χ1n) is 6.60. The summed E-state index contributed by atoms with van der Waals surface area (Å²) in [5.41, 5.74) is 0.458. The highest BCUT2D eigenvalue weighted by molar-refractivity contribution is 5.89. The standard InChI is InChI=1S/C15H15FN2O2/c16-11-4-1-5-12(10-11)17-15(19)18-8-2-6-13(18)14-7-3-9-20-14/h1,3-5,7,9-10,13H,2,6,8H2,(H,17,19)/t13-/m1/s1. The first-order chi connectivity index (χ1) is 9.74. The Morgan fingerprint density at radius 3 is 3.00 bits per heavy atom. The van der Waals surface area contributed by atoms with Crippen molar-refractivity contribution in [3.63, 3.8) is 0 Å². The number of carbonyl (C=O) groups excluding carboxylic acids is 1. The quantitative estimate of drug-likeness (QED) is 0.905. The zero-order valence-corrected chi connectivity index (χ0v) is 10.9. The molecule has 0 radical (unpaired) electrons. The second-order valence-electron chi connectivity index (χ2n) is 4.81. The molecule has 20 heavy (non-hydrogen) atoms. The summed E-state index contributed by atoms with van der Waals surface area (Å²) >= 11 is 0. The third-order valence-corrected chi connectivity index (χ3v) is 3.46. The Kier molecular flexibility index (Phi) is 3.41. The lowest BCUT2D eigenvalue weighted by Gasteiger charge is -2.23. The number of likely N-dealkylation sites (tertiary alicyclic amines) is 1. The lowest BCUT2D eigenvalue weighted by molar-refractivity contribution is 0.200. The first kappa shape index (κ1) is 12.7. The second-order valence-corrected chi connectivity index (χ2v) is 4.81. The van der Waals surface area contributed by atoms with E-state index in [0.717, 1.165) is 18.6 Å². The van der Waals surface area contributed by atoms with Crippen LogP contribution in [0.3, 0.4) is 0 Å². The van der Waals surface area contributed by atoms with Crippen molar-refractivity contribution in [1.29, 1.82) is 0 Å². The number of nitrogens with zero attached hydrogens (tertiary/aromatic N) is 1. The number of hydrogen-bond donors (Lipinski definition) is 1. The SMILES string of the molecule is O=C(Nc1cccc(F)c1)N1CCC[C@@H]1c1ccco1. The molecule has 2 amide bonds. The van der Waals surface area contributed by atoms with Gasteiger partial charge in [0, 0.05) is 12.2 Å². The fourth-order valence-electron chi connectivity index (χ4n) is 2.55. The van der Waals surface area contributed by atoms with E-state index in [0.29, 0.717) is 12.2 Å². The highest BCUT2D eigenvalue weighted by Crippen LogP contribution is 2.32. The van der Waals surface area contributed by atoms with Gasteiger partial charge in [0.2, 0.25) is 0 Å². The highest BCUT2D eigenvalue weighted by Gasteiger charge is 2.31. The molecular formula is C15H15FN2O2. The number of hydrogen-bond acceptors (Lipinski definition) is 2. The summed E-state index contributed by atoms with van der Waals surface area (Å²) in [6.07, 6.45) is 3.42. The Labute approximate surface area is 116 Å². The van der Waals surface area contributed by atoms with Crippen LogP contribution in [-0.2, 0) is 0 Å². The largest absolute Gasteiger partial charge is 0.467 e. The molecule has 1 atom stereocenters. The molecule has 1 aromatic carbocycles. The van der Waals surface area contributed by atoms with Crippen molar-refractivity contribution in [3.05, 3.63) is 54.2 Å². The van der Waals surface area contributed by atoms with Gasteiger partial charge in [0.1, 0.15) is 11.6 Å². The second kappa shape index (κ2) is 5.36. The van der Waals surface area contributed by atoms with Gasteiger partial charge in [-0.2, -0.15) is 0 Å². The number of carbonyl (C=O) groups is 1. The van der Waals surface area contributed by atoms with Crippen molar-refractivity contribution in [2.75, 3.05) is 11.9 Å². The Morgan fingerprint density at radius 2 is 2.25 bits per heavy atom. The van der Waals surface area contributed by atoms with Gasteiger partial charge in [-0.25, -0.2) is 9.18 Å². The van der Waals surface area contributed by atoms with E-state index in [-0.39, 0.29) is 17.9 Å². The average molecular weight is 274 g/mol. The van der Waals surface area contributed by atoms with Gasteiger partial charge in [-0.3, -0.25) is 0 Å². The van der Waals surface area contributed by atoms with Crippen molar-refractivity contribution < 1.29 is 13.6 Å². The van der Waals surface area contributed by atoms with Crippen LogP contribution in [0.25, 0.3) is 0 Å². The molecule has 0 spiro atoms. The predicted octanol–water partition coefficient (Wildman–Crippen LogP) is 3.79. The van der Waals surface area contributed by atoms with Crippen LogP contribution in [0.15, 0.2) is 47.1 Å². The minimum atomic E-state index is -0.369. The average Bonchev–Trinajstić information content (AvgIpc) is 3.09. The molecule has 1 aromatic heterocycles. The topological polar surface area (TPSA) is 45.5 Å². The predicted molar refractivity (Wildman–Crippen MR) is 72.8 cm³/mol. The fourth-order valence-corrected chi connectivity index (χ4v) is 2.55. The monoisotopic (exact) mass is 274 g/mol. The third-order valence-electron chi connectivity index (χ3n) is 3.46. The minimum Gasteiger partial charge on any atom is -0.467 e. The van der Waals surface area contributed by atoms with E-state index >= 15 is 0 Å². The summed E-state index contributed by atoms with van der Waals surface area (Å²) in [4.78, 5) is 14.0. The molecule has 0 aliphatic carbocycles. The molecule has 1 aliphatic heterocycles. The molecule has 0 saturated carbocycles. The Hall–Kier alpha value is -2.30. The van der Waals surface area contributed by atoms with Gasteiger partial charge in [-0.05, 0) is 43.2 Å². The molecular weight excluding hydrogens is 259 g/mol. The molecule has 0 bridgehead atoms. The normalized spacial score (nSPS) is 18.2. The molecule has 1 aliphatic rings. The van der Waals surface area contributed by atoms with Crippen LogP contribution in [0.1, 0.15) is 24.6 Å². The number of nitrogens with one attached hydrogen (secondary N) is 1. The Balaban J connectivity index is 1.73. The number of rotatable bonds is 2. The molecule has 2 aromatic rings. The number of benzene rings is 1. The summed E-state index contributed by atoms with van der Waals surface area (Å²) in [5.74, 6) is 0.420. The van der Waals surface area contributed by atoms with E-state index in [4.69, 9.17) is 4.42 Å². The molecule has 2 heterocycles. The van der Waals surface area contributed by atoms with Gasteiger partial charge < -0.3 is 14.6 Å². The molecule has 4 nitrogen and oxygen atoms in total. The van der Waals surface area contributed by atoms with E-state index < -0.39 is 0 Å². The zero-order chi connectivity index (χ0) is 13.9. The van der Waals surface area contributed by atoms with Crippen LogP contribution in [0.2, 0.25) is 0 Å². The third kappa shape index (κ3) is 2.52. The minimum absolute atomic E-state index is 0.0430. The van der Waals surface area contributed by atoms with Gasteiger partial charge in [0.25, 0.3) is 0 Å². The van der Waals surface area contributed by atoms with Crippen molar-refractivity contribution in [3.8, 4) is 0 Å². The van der Waals surface area contributed by atoms with E-state index in [9.17, 15) is 9.18 Å². The molecule has 1 saturated heterocycles. The maximum Gasteiger partial charge on any atom is 0.322 e. The van der Waals surface area contributed by atoms with Crippen LogP contribution in [0, 0.1) is 5.82 Å². The van der Waals surface area contributed by atoms with Gasteiger partial charge in [-0.15, -0.1) is 0 Å². The molecule has 1 N–H and O–H groups in total. The lowest BCUT2D eigenvalue weighted by Crippen LogP contribution is -2.34. The van der Waals surface area contributed by atoms with E-state index in [1.165, 1.54) is 12.1 Å². The number of urea groups is 1. The molecule has 3 rings (SSSR count). The first-order valence-corrected chi connectivity index (χ1v) is 6.60. The van der Waals surface area contributed by atoms with Crippen molar-refractivity contribution in [1.82, 2.24) is 4.90 Å². The highest BCUT2D eigenvalue weighted by atomic mass is 19.1. The number of anilines is 1. The Bertz CT molecular complexity index is 598. The maximum absolute atomic E-state index is 13.1.